The second-order valence-corrected chi connectivity index (χ2v) is 4.76. The van der Waals surface area contributed by atoms with E-state index in [0.717, 1.165) is 0 Å². The number of nitrogens with zero attached hydrogens (tertiary/aromatic N) is 1. The Kier molecular flexibility index (Phi) is 4.34. The molecule has 1 aromatic carbocycles. The van der Waals surface area contributed by atoms with Crippen molar-refractivity contribution in [1.82, 2.24) is 4.98 Å². The fourth-order valence-corrected chi connectivity index (χ4v) is 2.01. The van der Waals surface area contributed by atoms with Crippen LogP contribution in [0.15, 0.2) is 24.3 Å². The van der Waals surface area contributed by atoms with Gasteiger partial charge in [0, 0.05) is 13.1 Å². The molecule has 0 amide bonds. The van der Waals surface area contributed by atoms with Gasteiger partial charge in [-0.25, -0.2) is 4.39 Å². The molecule has 2 rings (SSSR count). The number of hydrogen-bond acceptors (Lipinski definition) is 3. The molecule has 0 spiro atoms. The van der Waals surface area contributed by atoms with Crippen LogP contribution in [-0.4, -0.2) is 12.0 Å². The van der Waals surface area contributed by atoms with Crippen molar-refractivity contribution in [2.45, 2.75) is 0 Å². The minimum Gasteiger partial charge on any atom is -0.437 e. The number of ether oxygens (including phenoxy) is 1. The van der Waals surface area contributed by atoms with Crippen molar-refractivity contribution in [2.75, 3.05) is 12.4 Å². The zero-order valence-corrected chi connectivity index (χ0v) is 11.9. The molecular formula is C12H8Cl3FN2O. The molecule has 0 aliphatic rings. The average molecular weight is 322 g/mol. The number of aromatic nitrogens is 1. The molecule has 3 nitrogen and oxygen atoms in total. The Morgan fingerprint density at radius 1 is 1.11 bits per heavy atom. The van der Waals surface area contributed by atoms with Gasteiger partial charge >= 0.3 is 0 Å². The molecule has 0 bridgehead atoms. The summed E-state index contributed by atoms with van der Waals surface area (Å²) < 4.78 is 18.5. The molecule has 0 fully saturated rings. The van der Waals surface area contributed by atoms with Crippen LogP contribution in [0.25, 0.3) is 0 Å². The Bertz CT molecular complexity index is 622. The van der Waals surface area contributed by atoms with Crippen LogP contribution in [0, 0.1) is 5.82 Å². The minimum absolute atomic E-state index is 0.0450. The Hall–Kier alpha value is -1.23. The number of hydrogen-bond donors (Lipinski definition) is 1. The van der Waals surface area contributed by atoms with Gasteiger partial charge in [0.05, 0.1) is 10.0 Å². The first-order chi connectivity index (χ1) is 9.01. The van der Waals surface area contributed by atoms with Gasteiger partial charge in [0.2, 0.25) is 5.88 Å². The SMILES string of the molecule is CNc1nc(Oc2ccc(F)c(Cl)c2)c(Cl)cc1Cl. The lowest BCUT2D eigenvalue weighted by molar-refractivity contribution is 0.462. The van der Waals surface area contributed by atoms with Crippen molar-refractivity contribution >= 4 is 40.6 Å². The van der Waals surface area contributed by atoms with Gasteiger partial charge in [-0.2, -0.15) is 4.98 Å². The van der Waals surface area contributed by atoms with Gasteiger partial charge in [-0.3, -0.25) is 0 Å². The molecule has 0 unspecified atom stereocenters. The van der Waals surface area contributed by atoms with Gasteiger partial charge in [-0.15, -0.1) is 0 Å². The molecule has 0 saturated carbocycles. The summed E-state index contributed by atoms with van der Waals surface area (Å²) in [4.78, 5) is 4.10. The molecule has 1 heterocycles. The van der Waals surface area contributed by atoms with Gasteiger partial charge in [0.1, 0.15) is 22.4 Å². The van der Waals surface area contributed by atoms with Crippen molar-refractivity contribution in [3.05, 3.63) is 45.2 Å². The van der Waals surface area contributed by atoms with Crippen LogP contribution in [-0.2, 0) is 0 Å². The van der Waals surface area contributed by atoms with Gasteiger partial charge < -0.3 is 10.1 Å². The number of pyridine rings is 1. The van der Waals surface area contributed by atoms with E-state index in [9.17, 15) is 4.39 Å². The molecular weight excluding hydrogens is 314 g/mol. The van der Waals surface area contributed by atoms with E-state index in [1.54, 1.807) is 7.05 Å². The van der Waals surface area contributed by atoms with Crippen LogP contribution < -0.4 is 10.1 Å². The standard InChI is InChI=1S/C12H8Cl3FN2O/c1-17-11-8(14)5-9(15)12(18-11)19-6-2-3-10(16)7(13)4-6/h2-5H,1H3,(H,17,18). The quantitative estimate of drug-likeness (QED) is 0.862. The van der Waals surface area contributed by atoms with Crippen LogP contribution >= 0.6 is 34.8 Å². The summed E-state index contributed by atoms with van der Waals surface area (Å²) in [6.07, 6.45) is 0. The summed E-state index contributed by atoms with van der Waals surface area (Å²) in [5, 5.41) is 3.37. The Balaban J connectivity index is 2.34. The zero-order chi connectivity index (χ0) is 14.0. The highest BCUT2D eigenvalue weighted by molar-refractivity contribution is 6.36. The predicted molar refractivity (Wildman–Crippen MR) is 75.3 cm³/mol. The van der Waals surface area contributed by atoms with Crippen molar-refractivity contribution < 1.29 is 9.13 Å². The average Bonchev–Trinajstić information content (AvgIpc) is 2.37. The summed E-state index contributed by atoms with van der Waals surface area (Å²) >= 11 is 17.5. The molecule has 19 heavy (non-hydrogen) atoms. The van der Waals surface area contributed by atoms with Gasteiger partial charge in [0.25, 0.3) is 0 Å². The lowest BCUT2D eigenvalue weighted by Crippen LogP contribution is -1.97. The lowest BCUT2D eigenvalue weighted by atomic mass is 10.3. The van der Waals surface area contributed by atoms with Crippen LogP contribution in [0.4, 0.5) is 10.2 Å². The van der Waals surface area contributed by atoms with Crippen molar-refractivity contribution in [1.29, 1.82) is 0 Å². The van der Waals surface area contributed by atoms with Gasteiger partial charge in [-0.05, 0) is 18.2 Å². The second kappa shape index (κ2) is 5.82. The third kappa shape index (κ3) is 3.21. The maximum Gasteiger partial charge on any atom is 0.240 e. The molecule has 2 aromatic rings. The molecule has 0 aliphatic heterocycles. The van der Waals surface area contributed by atoms with E-state index in [1.165, 1.54) is 24.3 Å². The second-order valence-electron chi connectivity index (χ2n) is 3.53. The molecule has 0 radical (unpaired) electrons. The van der Waals surface area contributed by atoms with E-state index in [1.807, 2.05) is 0 Å². The third-order valence-corrected chi connectivity index (χ3v) is 3.09. The largest absolute Gasteiger partial charge is 0.437 e. The molecule has 100 valence electrons. The molecule has 0 atom stereocenters. The summed E-state index contributed by atoms with van der Waals surface area (Å²) in [7, 11) is 1.67. The Labute approximate surface area is 124 Å². The van der Waals surface area contributed by atoms with Crippen LogP contribution in [0.1, 0.15) is 0 Å². The zero-order valence-electron chi connectivity index (χ0n) is 9.68. The maximum absolute atomic E-state index is 13.0. The summed E-state index contributed by atoms with van der Waals surface area (Å²) in [6, 6.07) is 5.46. The van der Waals surface area contributed by atoms with Crippen LogP contribution in [0.3, 0.4) is 0 Å². The van der Waals surface area contributed by atoms with E-state index >= 15 is 0 Å². The Morgan fingerprint density at radius 3 is 2.47 bits per heavy atom. The highest BCUT2D eigenvalue weighted by Gasteiger charge is 2.11. The van der Waals surface area contributed by atoms with E-state index < -0.39 is 5.82 Å². The highest BCUT2D eigenvalue weighted by Crippen LogP contribution is 2.34. The first-order valence-electron chi connectivity index (χ1n) is 5.18. The molecule has 7 heteroatoms. The first-order valence-corrected chi connectivity index (χ1v) is 6.31. The Morgan fingerprint density at radius 2 is 1.84 bits per heavy atom. The summed E-state index contributed by atoms with van der Waals surface area (Å²) in [5.41, 5.74) is 0. The highest BCUT2D eigenvalue weighted by atomic mass is 35.5. The van der Waals surface area contributed by atoms with E-state index in [0.29, 0.717) is 16.6 Å². The monoisotopic (exact) mass is 320 g/mol. The smallest absolute Gasteiger partial charge is 0.240 e. The van der Waals surface area contributed by atoms with Gasteiger partial charge in [-0.1, -0.05) is 34.8 Å². The van der Waals surface area contributed by atoms with Crippen molar-refractivity contribution in [3.8, 4) is 11.6 Å². The van der Waals surface area contributed by atoms with Crippen molar-refractivity contribution in [2.24, 2.45) is 0 Å². The normalized spacial score (nSPS) is 10.4. The van der Waals surface area contributed by atoms with Crippen LogP contribution in [0.2, 0.25) is 15.1 Å². The number of benzene rings is 1. The fourth-order valence-electron chi connectivity index (χ4n) is 1.35. The minimum atomic E-state index is -0.528. The molecule has 0 aliphatic carbocycles. The fraction of sp³-hybridized carbons (Fsp3) is 0.0833. The van der Waals surface area contributed by atoms with Crippen LogP contribution in [0.5, 0.6) is 11.6 Å². The van der Waals surface area contributed by atoms with E-state index in [4.69, 9.17) is 39.5 Å². The number of nitrogens with one attached hydrogen (secondary N) is 1. The maximum atomic E-state index is 13.0. The van der Waals surface area contributed by atoms with Crippen molar-refractivity contribution in [3.63, 3.8) is 0 Å². The predicted octanol–water partition coefficient (Wildman–Crippen LogP) is 5.01. The first kappa shape index (κ1) is 14.2. The molecule has 1 aromatic heterocycles. The van der Waals surface area contributed by atoms with Gasteiger partial charge in [0.15, 0.2) is 0 Å². The number of halogens is 4. The molecule has 1 N–H and O–H groups in total. The topological polar surface area (TPSA) is 34.2 Å². The number of rotatable bonds is 3. The lowest BCUT2D eigenvalue weighted by Gasteiger charge is -2.10. The van der Waals surface area contributed by atoms with E-state index in [-0.39, 0.29) is 15.9 Å². The molecule has 0 saturated heterocycles. The number of anilines is 1. The summed E-state index contributed by atoms with van der Waals surface area (Å²) in [6.45, 7) is 0. The summed E-state index contributed by atoms with van der Waals surface area (Å²) in [5.74, 6) is 0.373. The third-order valence-electron chi connectivity index (χ3n) is 2.24. The van der Waals surface area contributed by atoms with E-state index in [2.05, 4.69) is 10.3 Å².